The predicted molar refractivity (Wildman–Crippen MR) is 179 cm³/mol. The molecule has 3 atom stereocenters. The first-order valence-electron chi connectivity index (χ1n) is 15.2. The summed E-state index contributed by atoms with van der Waals surface area (Å²) in [5, 5.41) is 10.7. The molecule has 2 N–H and O–H groups in total. The first kappa shape index (κ1) is 39.0. The summed E-state index contributed by atoms with van der Waals surface area (Å²) in [6.45, 7) is 6.40. The van der Waals surface area contributed by atoms with Crippen LogP contribution in [-0.2, 0) is 11.0 Å². The van der Waals surface area contributed by atoms with E-state index < -0.39 is 18.0 Å². The zero-order chi connectivity index (χ0) is 36.0. The average molecular weight is 708 g/mol. The molecule has 3 aromatic rings. The Morgan fingerprint density at radius 2 is 1.94 bits per heavy atom. The van der Waals surface area contributed by atoms with E-state index in [1.54, 1.807) is 11.4 Å². The number of likely N-dealkylation sites (N-methyl/N-ethyl adjacent to an activating group) is 1. The number of aldehydes is 1. The minimum atomic E-state index is -4.72. The summed E-state index contributed by atoms with van der Waals surface area (Å²) in [5.74, 6) is -0.0631. The number of thiophene rings is 1. The Morgan fingerprint density at radius 1 is 1.18 bits per heavy atom. The Hall–Kier alpha value is -4.46. The van der Waals surface area contributed by atoms with E-state index in [1.165, 1.54) is 43.4 Å². The fourth-order valence-electron chi connectivity index (χ4n) is 5.35. The van der Waals surface area contributed by atoms with E-state index in [0.29, 0.717) is 42.4 Å². The highest BCUT2D eigenvalue weighted by atomic mass is 32.1. The maximum atomic E-state index is 13.5. The van der Waals surface area contributed by atoms with Gasteiger partial charge >= 0.3 is 12.2 Å². The van der Waals surface area contributed by atoms with Gasteiger partial charge in [-0.2, -0.15) is 28.4 Å². The third-order valence-corrected chi connectivity index (χ3v) is 8.30. The number of nitrogens with zero attached hydrogens (tertiary/aromatic N) is 6. The number of nitriles is 1. The molecule has 16 heteroatoms. The minimum Gasteiger partial charge on any atom is -0.471 e. The van der Waals surface area contributed by atoms with Crippen LogP contribution in [0.3, 0.4) is 0 Å². The van der Waals surface area contributed by atoms with Gasteiger partial charge in [0.2, 0.25) is 5.88 Å². The number of pyridine rings is 1. The lowest BCUT2D eigenvalue weighted by atomic mass is 10.1. The van der Waals surface area contributed by atoms with E-state index in [9.17, 15) is 22.0 Å². The highest BCUT2D eigenvalue weighted by Gasteiger charge is 2.36. The lowest BCUT2D eigenvalue weighted by Gasteiger charge is -2.16. The number of aromatic nitrogens is 3. The van der Waals surface area contributed by atoms with E-state index in [1.807, 2.05) is 18.0 Å². The molecule has 0 saturated carbocycles. The molecule has 0 aromatic carbocycles. The highest BCUT2D eigenvalue weighted by molar-refractivity contribution is 7.14. The fourth-order valence-corrected chi connectivity index (χ4v) is 5.94. The number of methoxy groups -OCH3 is 1. The SMILES string of the molecule is C=CC=O.COc1nc(OC2CCN(C)C2)c2nc(C(F)(F)F)c(/C=C/C=C/F)cc2n1.FC1CC2CCCN2C1.N#Cc1ccsc1N. The van der Waals surface area contributed by atoms with Crippen molar-refractivity contribution in [1.29, 1.82) is 5.26 Å². The predicted octanol–water partition coefficient (Wildman–Crippen LogP) is 6.40. The number of hydrogen-bond donors (Lipinski definition) is 1. The molecule has 264 valence electrons. The van der Waals surface area contributed by atoms with Gasteiger partial charge in [0, 0.05) is 31.2 Å². The average Bonchev–Trinajstić information content (AvgIpc) is 3.87. The molecule has 10 nitrogen and oxygen atoms in total. The number of nitrogen functional groups attached to an aromatic ring is 1. The second-order valence-electron chi connectivity index (χ2n) is 11.1. The van der Waals surface area contributed by atoms with Gasteiger partial charge in [0.25, 0.3) is 0 Å². The number of allylic oxidation sites excluding steroid dienone is 3. The summed E-state index contributed by atoms with van der Waals surface area (Å²) in [4.78, 5) is 25.3. The monoisotopic (exact) mass is 707 g/mol. The third-order valence-electron chi connectivity index (χ3n) is 7.56. The molecule has 6 heterocycles. The summed E-state index contributed by atoms with van der Waals surface area (Å²) >= 11 is 1.38. The van der Waals surface area contributed by atoms with Crippen LogP contribution in [0.4, 0.5) is 27.0 Å². The third kappa shape index (κ3) is 11.6. The molecule has 3 saturated heterocycles. The maximum absolute atomic E-state index is 13.5. The highest BCUT2D eigenvalue weighted by Crippen LogP contribution is 2.35. The van der Waals surface area contributed by atoms with Crippen LogP contribution in [0.1, 0.15) is 42.5 Å². The molecule has 0 bridgehead atoms. The van der Waals surface area contributed by atoms with Crippen molar-refractivity contribution in [3.05, 3.63) is 65.5 Å². The summed E-state index contributed by atoms with van der Waals surface area (Å²) in [7, 11) is 3.27. The standard InChI is InChI=1S/C18H18F4N4O2.C7H12FN.C5H4N2S.C3H4O/c1-26-8-6-12(10-26)28-16-14-13(23-17(25-16)27-2)9-11(5-3-4-7-19)15(24-14)18(20,21)22;8-6-4-7-2-1-3-9(7)5-6;6-3-4-1-2-8-5(4)7;1-2-3-4/h3-5,7,9,12H,6,8,10H2,1-2H3;6-7H,1-5H2;1-2H,7H2;2-3H,1H2/b5-3+,7-4+;;;. The van der Waals surface area contributed by atoms with Gasteiger partial charge < -0.3 is 20.1 Å². The van der Waals surface area contributed by atoms with E-state index in [-0.39, 0.29) is 40.9 Å². The van der Waals surface area contributed by atoms with Crippen LogP contribution in [0, 0.1) is 11.3 Å². The number of fused-ring (bicyclic) bond motifs is 2. The van der Waals surface area contributed by atoms with Gasteiger partial charge in [-0.3, -0.25) is 9.69 Å². The number of ether oxygens (including phenoxy) is 2. The summed E-state index contributed by atoms with van der Waals surface area (Å²) in [6.07, 6.45) is 3.84. The largest absolute Gasteiger partial charge is 0.471 e. The number of halogens is 5. The Balaban J connectivity index is 0.000000247. The molecule has 0 aliphatic carbocycles. The molecule has 3 aromatic heterocycles. The van der Waals surface area contributed by atoms with Gasteiger partial charge in [-0.15, -0.1) is 11.3 Å². The Morgan fingerprint density at radius 3 is 2.47 bits per heavy atom. The smallest absolute Gasteiger partial charge is 0.433 e. The number of nitrogens with two attached hydrogens (primary N) is 1. The van der Waals surface area contributed by atoms with E-state index in [0.717, 1.165) is 37.7 Å². The molecule has 3 aliphatic rings. The summed E-state index contributed by atoms with van der Waals surface area (Å²) in [6, 6.07) is 5.43. The van der Waals surface area contributed by atoms with Crippen molar-refractivity contribution in [2.24, 2.45) is 0 Å². The van der Waals surface area contributed by atoms with Crippen LogP contribution in [0.15, 0.2) is 48.6 Å². The van der Waals surface area contributed by atoms with E-state index >= 15 is 0 Å². The van der Waals surface area contributed by atoms with Crippen LogP contribution in [0.5, 0.6) is 11.9 Å². The molecular formula is C33H38F5N7O3S. The molecular weight excluding hydrogens is 669 g/mol. The molecule has 3 aliphatic heterocycles. The Labute approximate surface area is 285 Å². The van der Waals surface area contributed by atoms with E-state index in [4.69, 9.17) is 25.3 Å². The van der Waals surface area contributed by atoms with Crippen molar-refractivity contribution in [2.75, 3.05) is 46.1 Å². The molecule has 3 unspecified atom stereocenters. The minimum absolute atomic E-state index is 0.0472. The van der Waals surface area contributed by atoms with Gasteiger partial charge in [-0.1, -0.05) is 18.7 Å². The second-order valence-corrected chi connectivity index (χ2v) is 12.0. The molecule has 0 spiro atoms. The number of hydrogen-bond acceptors (Lipinski definition) is 11. The molecule has 49 heavy (non-hydrogen) atoms. The number of rotatable bonds is 6. The van der Waals surface area contributed by atoms with Crippen molar-refractivity contribution >= 4 is 39.7 Å². The lowest BCUT2D eigenvalue weighted by Crippen LogP contribution is -2.22. The van der Waals surface area contributed by atoms with Crippen LogP contribution in [0.2, 0.25) is 0 Å². The maximum Gasteiger partial charge on any atom is 0.433 e. The van der Waals surface area contributed by atoms with Crippen molar-refractivity contribution in [1.82, 2.24) is 24.8 Å². The van der Waals surface area contributed by atoms with Crippen LogP contribution in [0.25, 0.3) is 17.1 Å². The fraction of sp³-hybridized carbons (Fsp3) is 0.424. The zero-order valence-electron chi connectivity index (χ0n) is 27.1. The van der Waals surface area contributed by atoms with Crippen molar-refractivity contribution in [3.8, 4) is 18.0 Å². The van der Waals surface area contributed by atoms with Crippen molar-refractivity contribution in [2.45, 2.75) is 50.2 Å². The first-order chi connectivity index (χ1) is 23.4. The number of likely N-dealkylation sites (tertiary alicyclic amines) is 1. The number of alkyl halides is 4. The van der Waals surface area contributed by atoms with Crippen molar-refractivity contribution < 1.29 is 36.2 Å². The topological polar surface area (TPSA) is 130 Å². The van der Waals surface area contributed by atoms with E-state index in [2.05, 4.69) is 26.4 Å². The molecule has 3 fully saturated rings. The molecule has 6 rings (SSSR count). The van der Waals surface area contributed by atoms with Gasteiger partial charge in [-0.25, -0.2) is 13.8 Å². The van der Waals surface area contributed by atoms with Gasteiger partial charge in [-0.05, 0) is 68.9 Å². The van der Waals surface area contributed by atoms with Gasteiger partial charge in [0.1, 0.15) is 35.1 Å². The molecule has 0 amide bonds. The number of carbonyl (C=O) groups is 1. The van der Waals surface area contributed by atoms with Gasteiger partial charge in [0.15, 0.2) is 11.2 Å². The summed E-state index contributed by atoms with van der Waals surface area (Å²) in [5.41, 5.74) is 4.55. The zero-order valence-corrected chi connectivity index (χ0v) is 27.9. The Bertz CT molecular complexity index is 1630. The Kier molecular flexibility index (Phi) is 15.0. The first-order valence-corrected chi connectivity index (χ1v) is 16.1. The second kappa shape index (κ2) is 18.9. The molecule has 0 radical (unpaired) electrons. The van der Waals surface area contributed by atoms with Crippen LogP contribution in [-0.4, -0.2) is 89.7 Å². The quantitative estimate of drug-likeness (QED) is 0.133. The lowest BCUT2D eigenvalue weighted by molar-refractivity contribution is -0.141. The summed E-state index contributed by atoms with van der Waals surface area (Å²) < 4.78 is 76.2. The normalized spacial score (nSPS) is 20.4. The van der Waals surface area contributed by atoms with Crippen LogP contribution >= 0.6 is 11.3 Å². The van der Waals surface area contributed by atoms with Gasteiger partial charge in [0.05, 0.1) is 19.0 Å². The number of anilines is 1. The number of carbonyl (C=O) groups excluding carboxylic acids is 1. The van der Waals surface area contributed by atoms with Crippen LogP contribution < -0.4 is 15.2 Å². The van der Waals surface area contributed by atoms with Crippen molar-refractivity contribution in [3.63, 3.8) is 0 Å².